The lowest BCUT2D eigenvalue weighted by atomic mass is 10.1. The molecular weight excluding hydrogens is 212 g/mol. The predicted octanol–water partition coefficient (Wildman–Crippen LogP) is 1.72. The SMILES string of the molecule is Cc1ccc(N(C)C(=NC2CC2)NN)c(C)c1. The van der Waals surface area contributed by atoms with E-state index < -0.39 is 0 Å². The molecule has 4 heteroatoms. The summed E-state index contributed by atoms with van der Waals surface area (Å²) in [5.74, 6) is 6.28. The van der Waals surface area contributed by atoms with Crippen molar-refractivity contribution in [3.63, 3.8) is 0 Å². The number of aryl methyl sites for hydroxylation is 2. The molecule has 0 saturated heterocycles. The molecule has 0 unspecified atom stereocenters. The second-order valence-corrected chi connectivity index (χ2v) is 4.68. The number of hydrazine groups is 1. The number of hydrogen-bond donors (Lipinski definition) is 2. The fourth-order valence-corrected chi connectivity index (χ4v) is 1.89. The van der Waals surface area contributed by atoms with E-state index in [1.807, 2.05) is 11.9 Å². The molecule has 4 nitrogen and oxygen atoms in total. The van der Waals surface area contributed by atoms with E-state index in [0.717, 1.165) is 11.6 Å². The van der Waals surface area contributed by atoms with Gasteiger partial charge in [0.2, 0.25) is 5.96 Å². The van der Waals surface area contributed by atoms with Crippen molar-refractivity contribution in [1.29, 1.82) is 0 Å². The fraction of sp³-hybridized carbons (Fsp3) is 0.462. The summed E-state index contributed by atoms with van der Waals surface area (Å²) in [4.78, 5) is 6.56. The van der Waals surface area contributed by atoms with E-state index in [1.54, 1.807) is 0 Å². The fourth-order valence-electron chi connectivity index (χ4n) is 1.89. The van der Waals surface area contributed by atoms with Gasteiger partial charge in [-0.2, -0.15) is 0 Å². The van der Waals surface area contributed by atoms with Gasteiger partial charge in [-0.15, -0.1) is 0 Å². The van der Waals surface area contributed by atoms with Gasteiger partial charge in [0.25, 0.3) is 0 Å². The Labute approximate surface area is 102 Å². The van der Waals surface area contributed by atoms with Crippen molar-refractivity contribution in [3.8, 4) is 0 Å². The number of benzene rings is 1. The number of nitrogens with one attached hydrogen (secondary N) is 1. The van der Waals surface area contributed by atoms with E-state index in [4.69, 9.17) is 5.84 Å². The van der Waals surface area contributed by atoms with Crippen LogP contribution in [-0.4, -0.2) is 19.0 Å². The van der Waals surface area contributed by atoms with E-state index in [9.17, 15) is 0 Å². The van der Waals surface area contributed by atoms with Gasteiger partial charge in [0.1, 0.15) is 0 Å². The maximum atomic E-state index is 5.54. The third kappa shape index (κ3) is 2.77. The number of hydrogen-bond acceptors (Lipinski definition) is 2. The first-order valence-electron chi connectivity index (χ1n) is 5.97. The zero-order valence-corrected chi connectivity index (χ0v) is 10.7. The van der Waals surface area contributed by atoms with Gasteiger partial charge in [-0.3, -0.25) is 5.43 Å². The molecule has 0 bridgehead atoms. The van der Waals surface area contributed by atoms with Crippen LogP contribution in [0.25, 0.3) is 0 Å². The van der Waals surface area contributed by atoms with Crippen molar-refractivity contribution in [3.05, 3.63) is 29.3 Å². The molecule has 1 aromatic rings. The van der Waals surface area contributed by atoms with Gasteiger partial charge in [0.05, 0.1) is 6.04 Å². The van der Waals surface area contributed by atoms with Crippen molar-refractivity contribution in [1.82, 2.24) is 5.43 Å². The molecule has 3 N–H and O–H groups in total. The number of nitrogens with two attached hydrogens (primary N) is 1. The Morgan fingerprint density at radius 2 is 2.12 bits per heavy atom. The van der Waals surface area contributed by atoms with Gasteiger partial charge in [-0.05, 0) is 38.3 Å². The highest BCUT2D eigenvalue weighted by Gasteiger charge is 2.22. The lowest BCUT2D eigenvalue weighted by Crippen LogP contribution is -2.43. The second kappa shape index (κ2) is 4.75. The third-order valence-electron chi connectivity index (χ3n) is 3.01. The zero-order chi connectivity index (χ0) is 12.4. The molecule has 0 spiro atoms. The molecule has 1 aromatic carbocycles. The zero-order valence-electron chi connectivity index (χ0n) is 10.7. The minimum Gasteiger partial charge on any atom is -0.314 e. The Balaban J connectivity index is 2.25. The first-order valence-corrected chi connectivity index (χ1v) is 5.97. The molecule has 0 amide bonds. The van der Waals surface area contributed by atoms with Crippen LogP contribution in [-0.2, 0) is 0 Å². The summed E-state index contributed by atoms with van der Waals surface area (Å²) in [5, 5.41) is 0. The van der Waals surface area contributed by atoms with Crippen LogP contribution >= 0.6 is 0 Å². The first kappa shape index (κ1) is 11.9. The van der Waals surface area contributed by atoms with Crippen molar-refractivity contribution >= 4 is 11.6 Å². The number of aliphatic imine (C=N–C) groups is 1. The Morgan fingerprint density at radius 3 is 2.65 bits per heavy atom. The minimum atomic E-state index is 0.453. The van der Waals surface area contributed by atoms with Gasteiger partial charge >= 0.3 is 0 Å². The van der Waals surface area contributed by atoms with E-state index in [2.05, 4.69) is 42.5 Å². The third-order valence-corrected chi connectivity index (χ3v) is 3.01. The normalized spacial score (nSPS) is 15.9. The molecule has 17 heavy (non-hydrogen) atoms. The quantitative estimate of drug-likeness (QED) is 0.353. The number of anilines is 1. The van der Waals surface area contributed by atoms with Crippen molar-refractivity contribution in [2.75, 3.05) is 11.9 Å². The highest BCUT2D eigenvalue weighted by Crippen LogP contribution is 2.25. The van der Waals surface area contributed by atoms with Crippen LogP contribution in [0.4, 0.5) is 5.69 Å². The average Bonchev–Trinajstić information content (AvgIpc) is 3.09. The molecule has 0 aliphatic heterocycles. The van der Waals surface area contributed by atoms with Crippen LogP contribution in [0.5, 0.6) is 0 Å². The molecule has 0 radical (unpaired) electrons. The monoisotopic (exact) mass is 232 g/mol. The molecule has 2 rings (SSSR count). The Bertz CT molecular complexity index is 435. The molecule has 1 aliphatic rings. The van der Waals surface area contributed by atoms with Crippen LogP contribution in [0.2, 0.25) is 0 Å². The molecule has 0 heterocycles. The average molecular weight is 232 g/mol. The standard InChI is InChI=1S/C13H20N4/c1-9-4-7-12(10(2)8-9)17(3)13(16-14)15-11-5-6-11/h4,7-8,11H,5-6,14H2,1-3H3,(H,15,16). The summed E-state index contributed by atoms with van der Waals surface area (Å²) < 4.78 is 0. The lowest BCUT2D eigenvalue weighted by Gasteiger charge is -2.22. The van der Waals surface area contributed by atoms with E-state index in [-0.39, 0.29) is 0 Å². The maximum absolute atomic E-state index is 5.54. The highest BCUT2D eigenvalue weighted by molar-refractivity contribution is 5.96. The van der Waals surface area contributed by atoms with Crippen LogP contribution < -0.4 is 16.2 Å². The molecule has 1 saturated carbocycles. The van der Waals surface area contributed by atoms with Crippen LogP contribution in [0.1, 0.15) is 24.0 Å². The van der Waals surface area contributed by atoms with Gasteiger partial charge in [0.15, 0.2) is 0 Å². The largest absolute Gasteiger partial charge is 0.314 e. The second-order valence-electron chi connectivity index (χ2n) is 4.68. The highest BCUT2D eigenvalue weighted by atomic mass is 15.4. The Hall–Kier alpha value is -1.55. The minimum absolute atomic E-state index is 0.453. The van der Waals surface area contributed by atoms with Gasteiger partial charge < -0.3 is 4.90 Å². The summed E-state index contributed by atoms with van der Waals surface area (Å²) in [6, 6.07) is 6.82. The molecule has 1 fully saturated rings. The van der Waals surface area contributed by atoms with Gasteiger partial charge in [-0.25, -0.2) is 10.8 Å². The topological polar surface area (TPSA) is 53.6 Å². The van der Waals surface area contributed by atoms with Crippen LogP contribution in [0, 0.1) is 13.8 Å². The smallest absolute Gasteiger partial charge is 0.212 e. The summed E-state index contributed by atoms with van der Waals surface area (Å²) in [6.07, 6.45) is 2.35. The number of rotatable bonds is 2. The van der Waals surface area contributed by atoms with Crippen LogP contribution in [0.3, 0.4) is 0 Å². The molecular formula is C13H20N4. The molecule has 0 aromatic heterocycles. The Morgan fingerprint density at radius 1 is 1.41 bits per heavy atom. The van der Waals surface area contributed by atoms with E-state index >= 15 is 0 Å². The van der Waals surface area contributed by atoms with Crippen molar-refractivity contribution in [2.24, 2.45) is 10.8 Å². The van der Waals surface area contributed by atoms with Crippen molar-refractivity contribution in [2.45, 2.75) is 32.7 Å². The number of guanidine groups is 1. The molecule has 1 aliphatic carbocycles. The summed E-state index contributed by atoms with van der Waals surface area (Å²) in [6.45, 7) is 4.20. The summed E-state index contributed by atoms with van der Waals surface area (Å²) in [5.41, 5.74) is 6.31. The van der Waals surface area contributed by atoms with Gasteiger partial charge in [-0.1, -0.05) is 17.7 Å². The van der Waals surface area contributed by atoms with Crippen molar-refractivity contribution < 1.29 is 0 Å². The summed E-state index contributed by atoms with van der Waals surface area (Å²) in [7, 11) is 1.98. The number of nitrogens with zero attached hydrogens (tertiary/aromatic N) is 2. The predicted molar refractivity (Wildman–Crippen MR) is 72.1 cm³/mol. The Kier molecular flexibility index (Phi) is 3.33. The van der Waals surface area contributed by atoms with E-state index in [1.165, 1.54) is 24.0 Å². The maximum Gasteiger partial charge on any atom is 0.212 e. The van der Waals surface area contributed by atoms with Crippen LogP contribution in [0.15, 0.2) is 23.2 Å². The lowest BCUT2D eigenvalue weighted by molar-refractivity contribution is 0.931. The summed E-state index contributed by atoms with van der Waals surface area (Å²) >= 11 is 0. The van der Waals surface area contributed by atoms with E-state index in [0.29, 0.717) is 6.04 Å². The van der Waals surface area contributed by atoms with Gasteiger partial charge in [0, 0.05) is 12.7 Å². The molecule has 92 valence electrons. The first-order chi connectivity index (χ1) is 8.11. The molecule has 0 atom stereocenters.